The van der Waals surface area contributed by atoms with Crippen LogP contribution in [0, 0.1) is 22.2 Å². The molecule has 164 valence electrons. The molecule has 1 saturated heterocycles. The van der Waals surface area contributed by atoms with E-state index in [0.717, 1.165) is 29.9 Å². The van der Waals surface area contributed by atoms with Crippen molar-refractivity contribution in [2.75, 3.05) is 37.0 Å². The maximum absolute atomic E-state index is 12.6. The van der Waals surface area contributed by atoms with Gasteiger partial charge in [-0.2, -0.15) is 0 Å². The van der Waals surface area contributed by atoms with E-state index in [0.29, 0.717) is 36.6 Å². The molecule has 0 aromatic carbocycles. The van der Waals surface area contributed by atoms with Crippen LogP contribution in [0.2, 0.25) is 0 Å². The number of likely N-dealkylation sites (tertiary alicyclic amines) is 1. The number of carbonyl (C=O) groups is 1. The number of imidazole rings is 1. The van der Waals surface area contributed by atoms with Crippen LogP contribution >= 0.6 is 0 Å². The van der Waals surface area contributed by atoms with Crippen LogP contribution in [-0.2, 0) is 0 Å². The highest BCUT2D eigenvalue weighted by atomic mass is 16.3. The zero-order valence-corrected chi connectivity index (χ0v) is 18.4. The van der Waals surface area contributed by atoms with Crippen molar-refractivity contribution >= 4 is 23.0 Å². The molecule has 1 fully saturated rings. The lowest BCUT2D eigenvalue weighted by Crippen LogP contribution is -2.30. The van der Waals surface area contributed by atoms with E-state index in [1.165, 1.54) is 5.01 Å². The van der Waals surface area contributed by atoms with Crippen molar-refractivity contribution in [1.82, 2.24) is 19.9 Å². The molecule has 2 N–H and O–H groups in total. The minimum Gasteiger partial charge on any atom is -0.381 e. The van der Waals surface area contributed by atoms with Gasteiger partial charge in [0.25, 0.3) is 5.91 Å². The van der Waals surface area contributed by atoms with Gasteiger partial charge < -0.3 is 15.2 Å². The van der Waals surface area contributed by atoms with Crippen LogP contribution in [0.15, 0.2) is 35.9 Å². The van der Waals surface area contributed by atoms with Gasteiger partial charge in [0, 0.05) is 39.1 Å². The third-order valence-electron chi connectivity index (χ3n) is 5.82. The summed E-state index contributed by atoms with van der Waals surface area (Å²) in [5, 5.41) is 7.69. The number of amides is 1. The molecule has 0 spiro atoms. The molecule has 1 aliphatic carbocycles. The van der Waals surface area contributed by atoms with Crippen molar-refractivity contribution in [3.05, 3.63) is 47.0 Å². The summed E-state index contributed by atoms with van der Waals surface area (Å²) in [5.41, 5.74) is 2.89. The van der Waals surface area contributed by atoms with Crippen molar-refractivity contribution in [2.45, 2.75) is 27.2 Å². The summed E-state index contributed by atoms with van der Waals surface area (Å²) < 4.78 is 0. The fraction of sp³-hybridized carbons (Fsp3) is 0.500. The second-order valence-electron chi connectivity index (χ2n) is 9.56. The number of pyridine rings is 1. The molecule has 9 nitrogen and oxygen atoms in total. The lowest BCUT2D eigenvalue weighted by atomic mass is 9.97. The molecule has 1 amide bonds. The Morgan fingerprint density at radius 3 is 2.81 bits per heavy atom. The Morgan fingerprint density at radius 2 is 2.16 bits per heavy atom. The molecular formula is C22H29N7O2. The predicted octanol–water partition coefficient (Wildman–Crippen LogP) is 3.56. The molecule has 9 heteroatoms. The molecule has 1 aliphatic heterocycles. The van der Waals surface area contributed by atoms with E-state index < -0.39 is 0 Å². The van der Waals surface area contributed by atoms with Crippen LogP contribution < -0.4 is 10.3 Å². The summed E-state index contributed by atoms with van der Waals surface area (Å²) in [6.07, 6.45) is 6.34. The Kier molecular flexibility index (Phi) is 5.51. The first kappa shape index (κ1) is 21.0. The van der Waals surface area contributed by atoms with Gasteiger partial charge in [-0.3, -0.25) is 4.79 Å². The average molecular weight is 424 g/mol. The van der Waals surface area contributed by atoms with Crippen molar-refractivity contribution < 1.29 is 4.79 Å². The van der Waals surface area contributed by atoms with Crippen LogP contribution in [0.3, 0.4) is 0 Å². The summed E-state index contributed by atoms with van der Waals surface area (Å²) in [6.45, 7) is 8.57. The van der Waals surface area contributed by atoms with E-state index >= 15 is 0 Å². The standard InChI is InChI=1S/C22H29N7O2/c1-22(2,3)13-25-18-6-5-17(26-20(18)28(4)27-31)14-9-15-11-29(12-16(15)10-14)21(30)19-23-7-8-24-19/h5-9,15-16,25H,10-13H2,1-4H3,(H,23,24). The predicted molar refractivity (Wildman–Crippen MR) is 120 cm³/mol. The highest BCUT2D eigenvalue weighted by molar-refractivity contribution is 5.91. The van der Waals surface area contributed by atoms with Crippen LogP contribution in [0.25, 0.3) is 5.57 Å². The fourth-order valence-electron chi connectivity index (χ4n) is 4.21. The van der Waals surface area contributed by atoms with E-state index in [2.05, 4.69) is 47.4 Å². The monoisotopic (exact) mass is 423 g/mol. The number of hydrogen-bond acceptors (Lipinski definition) is 6. The van der Waals surface area contributed by atoms with Gasteiger partial charge in [0.15, 0.2) is 11.6 Å². The summed E-state index contributed by atoms with van der Waals surface area (Å²) in [5.74, 6) is 1.53. The molecule has 2 aromatic rings. The van der Waals surface area contributed by atoms with Gasteiger partial charge >= 0.3 is 0 Å². The first-order valence-electron chi connectivity index (χ1n) is 10.6. The SMILES string of the molecule is CN(N=O)c1nc(C2=CC3CN(C(=O)c4ncc[nH]4)CC3C2)ccc1NCC(C)(C)C. The lowest BCUT2D eigenvalue weighted by molar-refractivity contribution is 0.0774. The molecule has 0 bridgehead atoms. The molecule has 4 rings (SSSR count). The van der Waals surface area contributed by atoms with Gasteiger partial charge in [-0.25, -0.2) is 15.0 Å². The Bertz CT molecular complexity index is 994. The molecular weight excluding hydrogens is 394 g/mol. The number of nitrogens with zero attached hydrogens (tertiary/aromatic N) is 5. The quantitative estimate of drug-likeness (QED) is 0.544. The van der Waals surface area contributed by atoms with E-state index in [9.17, 15) is 9.70 Å². The molecule has 2 atom stereocenters. The Morgan fingerprint density at radius 1 is 1.35 bits per heavy atom. The maximum atomic E-state index is 12.6. The molecule has 2 unspecified atom stereocenters. The summed E-state index contributed by atoms with van der Waals surface area (Å²) in [6, 6.07) is 3.96. The lowest BCUT2D eigenvalue weighted by Gasteiger charge is -2.22. The number of nitrogens with one attached hydrogen (secondary N) is 2. The van der Waals surface area contributed by atoms with Gasteiger partial charge in [-0.05, 0) is 41.4 Å². The number of rotatable bonds is 6. The number of aromatic nitrogens is 3. The molecule has 0 saturated carbocycles. The van der Waals surface area contributed by atoms with Crippen LogP contribution in [-0.4, -0.2) is 52.4 Å². The van der Waals surface area contributed by atoms with Crippen LogP contribution in [0.1, 0.15) is 43.5 Å². The summed E-state index contributed by atoms with van der Waals surface area (Å²) in [4.78, 5) is 37.3. The molecule has 2 aromatic heterocycles. The highest BCUT2D eigenvalue weighted by Gasteiger charge is 2.39. The van der Waals surface area contributed by atoms with Gasteiger partial charge in [0.2, 0.25) is 0 Å². The third-order valence-corrected chi connectivity index (χ3v) is 5.82. The van der Waals surface area contributed by atoms with Gasteiger partial charge in [-0.15, -0.1) is 4.91 Å². The van der Waals surface area contributed by atoms with E-state index in [4.69, 9.17) is 4.98 Å². The van der Waals surface area contributed by atoms with Crippen molar-refractivity contribution in [3.63, 3.8) is 0 Å². The van der Waals surface area contributed by atoms with Crippen LogP contribution in [0.4, 0.5) is 11.5 Å². The number of aromatic amines is 1. The van der Waals surface area contributed by atoms with E-state index in [-0.39, 0.29) is 11.3 Å². The largest absolute Gasteiger partial charge is 0.381 e. The molecule has 0 radical (unpaired) electrons. The highest BCUT2D eigenvalue weighted by Crippen LogP contribution is 2.41. The van der Waals surface area contributed by atoms with Gasteiger partial charge in [0.1, 0.15) is 0 Å². The number of fused-ring (bicyclic) bond motifs is 1. The molecule has 3 heterocycles. The summed E-state index contributed by atoms with van der Waals surface area (Å²) in [7, 11) is 1.61. The van der Waals surface area contributed by atoms with E-state index in [1.54, 1.807) is 19.4 Å². The van der Waals surface area contributed by atoms with Crippen molar-refractivity contribution in [3.8, 4) is 0 Å². The number of H-pyrrole nitrogens is 1. The zero-order chi connectivity index (χ0) is 22.2. The first-order valence-corrected chi connectivity index (χ1v) is 10.6. The molecule has 2 aliphatic rings. The minimum absolute atomic E-state index is 0.0530. The average Bonchev–Trinajstić information content (AvgIpc) is 3.46. The fourth-order valence-corrected chi connectivity index (χ4v) is 4.21. The first-order chi connectivity index (χ1) is 14.7. The second-order valence-corrected chi connectivity index (χ2v) is 9.56. The topological polar surface area (TPSA) is 107 Å². The summed E-state index contributed by atoms with van der Waals surface area (Å²) >= 11 is 0. The smallest absolute Gasteiger partial charge is 0.289 e. The van der Waals surface area contributed by atoms with Crippen LogP contribution in [0.5, 0.6) is 0 Å². The minimum atomic E-state index is -0.0530. The normalized spacial score (nSPS) is 20.4. The Balaban J connectivity index is 1.51. The van der Waals surface area contributed by atoms with Gasteiger partial charge in [-0.1, -0.05) is 26.8 Å². The molecule has 31 heavy (non-hydrogen) atoms. The maximum Gasteiger partial charge on any atom is 0.289 e. The number of anilines is 2. The number of hydrogen-bond donors (Lipinski definition) is 2. The number of carbonyl (C=O) groups excluding carboxylic acids is 1. The van der Waals surface area contributed by atoms with E-state index in [1.807, 2.05) is 17.0 Å². The Labute approximate surface area is 181 Å². The van der Waals surface area contributed by atoms with Crippen molar-refractivity contribution in [2.24, 2.45) is 22.5 Å². The number of allylic oxidation sites excluding steroid dienone is 1. The van der Waals surface area contributed by atoms with Crippen molar-refractivity contribution in [1.29, 1.82) is 0 Å². The number of nitroso groups, excluding NO2 is 1. The Hall–Kier alpha value is -3.23. The second kappa shape index (κ2) is 8.13. The van der Waals surface area contributed by atoms with Gasteiger partial charge in [0.05, 0.1) is 16.7 Å². The zero-order valence-electron chi connectivity index (χ0n) is 18.4. The third kappa shape index (κ3) is 4.45.